The highest BCUT2D eigenvalue weighted by Gasteiger charge is 2.12. The SMILES string of the molecule is CCc1nc(-c2cccc([N+](=O)[O-])c2)c(C)c(=O)[nH]1. The second-order valence-corrected chi connectivity index (χ2v) is 4.15. The van der Waals surface area contributed by atoms with Crippen molar-refractivity contribution in [1.29, 1.82) is 0 Å². The maximum absolute atomic E-state index is 11.8. The Hall–Kier alpha value is -2.50. The van der Waals surface area contributed by atoms with Gasteiger partial charge in [0.2, 0.25) is 0 Å². The van der Waals surface area contributed by atoms with Gasteiger partial charge in [-0.15, -0.1) is 0 Å². The van der Waals surface area contributed by atoms with Crippen molar-refractivity contribution in [3.63, 3.8) is 0 Å². The van der Waals surface area contributed by atoms with Crippen molar-refractivity contribution in [1.82, 2.24) is 9.97 Å². The molecule has 98 valence electrons. The summed E-state index contributed by atoms with van der Waals surface area (Å²) < 4.78 is 0. The molecule has 1 aromatic carbocycles. The number of nitro benzene ring substituents is 1. The van der Waals surface area contributed by atoms with E-state index in [1.165, 1.54) is 12.1 Å². The minimum absolute atomic E-state index is 0.0166. The Bertz CT molecular complexity index is 692. The molecule has 1 aromatic heterocycles. The fourth-order valence-electron chi connectivity index (χ4n) is 1.79. The average molecular weight is 259 g/mol. The van der Waals surface area contributed by atoms with Gasteiger partial charge < -0.3 is 4.98 Å². The van der Waals surface area contributed by atoms with Gasteiger partial charge in [-0.25, -0.2) is 4.98 Å². The van der Waals surface area contributed by atoms with Crippen molar-refractivity contribution >= 4 is 5.69 Å². The van der Waals surface area contributed by atoms with Crippen LogP contribution in [0.1, 0.15) is 18.3 Å². The third kappa shape index (κ3) is 2.52. The molecule has 0 aliphatic carbocycles. The molecule has 6 nitrogen and oxygen atoms in total. The van der Waals surface area contributed by atoms with E-state index >= 15 is 0 Å². The number of nitrogens with one attached hydrogen (secondary N) is 1. The van der Waals surface area contributed by atoms with Gasteiger partial charge in [0.1, 0.15) is 5.82 Å². The molecule has 6 heteroatoms. The van der Waals surface area contributed by atoms with Gasteiger partial charge in [0.15, 0.2) is 0 Å². The van der Waals surface area contributed by atoms with E-state index in [9.17, 15) is 14.9 Å². The second kappa shape index (κ2) is 5.01. The summed E-state index contributed by atoms with van der Waals surface area (Å²) in [6.45, 7) is 3.53. The summed E-state index contributed by atoms with van der Waals surface area (Å²) in [4.78, 5) is 29.1. The van der Waals surface area contributed by atoms with Gasteiger partial charge in [-0.2, -0.15) is 0 Å². The molecule has 0 fully saturated rings. The highest BCUT2D eigenvalue weighted by molar-refractivity contribution is 5.65. The zero-order valence-corrected chi connectivity index (χ0v) is 10.6. The van der Waals surface area contributed by atoms with E-state index < -0.39 is 4.92 Å². The lowest BCUT2D eigenvalue weighted by atomic mass is 10.1. The Morgan fingerprint density at radius 2 is 2.16 bits per heavy atom. The Kier molecular flexibility index (Phi) is 3.41. The molecule has 0 unspecified atom stereocenters. The predicted molar refractivity (Wildman–Crippen MR) is 71.1 cm³/mol. The van der Waals surface area contributed by atoms with E-state index in [0.29, 0.717) is 29.1 Å². The van der Waals surface area contributed by atoms with Crippen LogP contribution in [0.5, 0.6) is 0 Å². The average Bonchev–Trinajstić information content (AvgIpc) is 2.41. The summed E-state index contributed by atoms with van der Waals surface area (Å²) in [5.74, 6) is 0.567. The van der Waals surface area contributed by atoms with Gasteiger partial charge >= 0.3 is 0 Å². The number of rotatable bonds is 3. The van der Waals surface area contributed by atoms with Gasteiger partial charge in [-0.1, -0.05) is 19.1 Å². The standard InChI is InChI=1S/C13H13N3O3/c1-3-11-14-12(8(2)13(17)15-11)9-5-4-6-10(7-9)16(18)19/h4-7H,3H2,1-2H3,(H,14,15,17). The molecule has 0 aliphatic rings. The third-order valence-electron chi connectivity index (χ3n) is 2.87. The third-order valence-corrected chi connectivity index (χ3v) is 2.87. The highest BCUT2D eigenvalue weighted by atomic mass is 16.6. The first kappa shape index (κ1) is 12.9. The monoisotopic (exact) mass is 259 g/mol. The van der Waals surface area contributed by atoms with Crippen molar-refractivity contribution in [2.24, 2.45) is 0 Å². The van der Waals surface area contributed by atoms with E-state index in [-0.39, 0.29) is 11.2 Å². The van der Waals surface area contributed by atoms with Gasteiger partial charge in [-0.3, -0.25) is 14.9 Å². The van der Waals surface area contributed by atoms with Crippen LogP contribution in [0.3, 0.4) is 0 Å². The smallest absolute Gasteiger partial charge is 0.270 e. The fourth-order valence-corrected chi connectivity index (χ4v) is 1.79. The Balaban J connectivity index is 2.64. The van der Waals surface area contributed by atoms with Gasteiger partial charge in [0.25, 0.3) is 11.2 Å². The summed E-state index contributed by atoms with van der Waals surface area (Å²) in [6.07, 6.45) is 0.595. The first-order valence-electron chi connectivity index (χ1n) is 5.87. The second-order valence-electron chi connectivity index (χ2n) is 4.15. The maximum Gasteiger partial charge on any atom is 0.270 e. The Labute approximate surface area is 109 Å². The van der Waals surface area contributed by atoms with E-state index in [4.69, 9.17) is 0 Å². The van der Waals surface area contributed by atoms with Gasteiger partial charge in [0.05, 0.1) is 10.6 Å². The molecule has 0 radical (unpaired) electrons. The largest absolute Gasteiger partial charge is 0.310 e. The van der Waals surface area contributed by atoms with Gasteiger partial charge in [-0.05, 0) is 6.92 Å². The van der Waals surface area contributed by atoms with Crippen LogP contribution in [-0.2, 0) is 6.42 Å². The molecule has 0 atom stereocenters. The molecule has 0 aliphatic heterocycles. The molecule has 0 spiro atoms. The molecule has 1 N–H and O–H groups in total. The number of hydrogen-bond donors (Lipinski definition) is 1. The van der Waals surface area contributed by atoms with Crippen LogP contribution < -0.4 is 5.56 Å². The van der Waals surface area contributed by atoms with Crippen LogP contribution in [0.4, 0.5) is 5.69 Å². The summed E-state index contributed by atoms with van der Waals surface area (Å²) >= 11 is 0. The minimum Gasteiger partial charge on any atom is -0.310 e. The quantitative estimate of drug-likeness (QED) is 0.676. The molecular formula is C13H13N3O3. The minimum atomic E-state index is -0.466. The van der Waals surface area contributed by atoms with Gasteiger partial charge in [0, 0.05) is 29.7 Å². The van der Waals surface area contributed by atoms with Crippen LogP contribution in [0.15, 0.2) is 29.1 Å². The number of non-ortho nitro benzene ring substituents is 1. The van der Waals surface area contributed by atoms with E-state index in [1.54, 1.807) is 19.1 Å². The zero-order chi connectivity index (χ0) is 14.0. The summed E-state index contributed by atoms with van der Waals surface area (Å²) in [5, 5.41) is 10.8. The first-order valence-corrected chi connectivity index (χ1v) is 5.87. The van der Waals surface area contributed by atoms with Crippen molar-refractivity contribution in [3.05, 3.63) is 56.1 Å². The number of nitro groups is 1. The normalized spacial score (nSPS) is 10.4. The Morgan fingerprint density at radius 3 is 2.79 bits per heavy atom. The molecule has 0 saturated heterocycles. The van der Waals surface area contributed by atoms with Crippen LogP contribution in [-0.4, -0.2) is 14.9 Å². The number of benzene rings is 1. The molecule has 2 aromatic rings. The lowest BCUT2D eigenvalue weighted by molar-refractivity contribution is -0.384. The number of aromatic amines is 1. The topological polar surface area (TPSA) is 88.9 Å². The molecule has 19 heavy (non-hydrogen) atoms. The van der Waals surface area contributed by atoms with Crippen LogP contribution in [0.2, 0.25) is 0 Å². The van der Waals surface area contributed by atoms with Crippen LogP contribution in [0.25, 0.3) is 11.3 Å². The summed E-state index contributed by atoms with van der Waals surface area (Å²) in [5.41, 5.74) is 1.29. The fraction of sp³-hybridized carbons (Fsp3) is 0.231. The molecular weight excluding hydrogens is 246 g/mol. The van der Waals surface area contributed by atoms with Crippen molar-refractivity contribution in [3.8, 4) is 11.3 Å². The maximum atomic E-state index is 11.8. The lowest BCUT2D eigenvalue weighted by Crippen LogP contribution is -2.15. The first-order chi connectivity index (χ1) is 9.02. The highest BCUT2D eigenvalue weighted by Crippen LogP contribution is 2.23. The molecule has 1 heterocycles. The predicted octanol–water partition coefficient (Wildman–Crippen LogP) is 2.22. The number of nitrogens with zero attached hydrogens (tertiary/aromatic N) is 2. The molecule has 0 saturated carbocycles. The summed E-state index contributed by atoms with van der Waals surface area (Å²) in [6, 6.07) is 6.13. The van der Waals surface area contributed by atoms with E-state index in [0.717, 1.165) is 0 Å². The van der Waals surface area contributed by atoms with Crippen LogP contribution >= 0.6 is 0 Å². The molecule has 0 amide bonds. The number of aromatic nitrogens is 2. The van der Waals surface area contributed by atoms with Crippen molar-refractivity contribution in [2.75, 3.05) is 0 Å². The van der Waals surface area contributed by atoms with Crippen LogP contribution in [0, 0.1) is 17.0 Å². The van der Waals surface area contributed by atoms with E-state index in [1.807, 2.05) is 6.92 Å². The lowest BCUT2D eigenvalue weighted by Gasteiger charge is -2.06. The molecule has 2 rings (SSSR count). The molecule has 0 bridgehead atoms. The van der Waals surface area contributed by atoms with Crippen molar-refractivity contribution < 1.29 is 4.92 Å². The number of hydrogen-bond acceptors (Lipinski definition) is 4. The number of aryl methyl sites for hydroxylation is 1. The number of H-pyrrole nitrogens is 1. The van der Waals surface area contributed by atoms with Crippen molar-refractivity contribution in [2.45, 2.75) is 20.3 Å². The summed E-state index contributed by atoms with van der Waals surface area (Å²) in [7, 11) is 0. The van der Waals surface area contributed by atoms with E-state index in [2.05, 4.69) is 9.97 Å². The zero-order valence-electron chi connectivity index (χ0n) is 10.6. The Morgan fingerprint density at radius 1 is 1.42 bits per heavy atom.